The molecule has 0 saturated heterocycles. The molecule has 2 aromatic rings. The molecule has 1 amide bonds. The third-order valence-corrected chi connectivity index (χ3v) is 2.92. The van der Waals surface area contributed by atoms with Gasteiger partial charge in [-0.1, -0.05) is 42.5 Å². The van der Waals surface area contributed by atoms with Crippen molar-refractivity contribution in [2.24, 2.45) is 5.92 Å². The molecule has 0 heterocycles. The van der Waals surface area contributed by atoms with Crippen LogP contribution < -0.4 is 5.32 Å². The molecule has 0 bridgehead atoms. The third-order valence-electron chi connectivity index (χ3n) is 2.92. The molecule has 4 heteroatoms. The average Bonchev–Trinajstić information content (AvgIpc) is 2.48. The second-order valence-electron chi connectivity index (χ2n) is 4.38. The lowest BCUT2D eigenvalue weighted by Crippen LogP contribution is -2.23. The highest BCUT2D eigenvalue weighted by molar-refractivity contribution is 5.95. The summed E-state index contributed by atoms with van der Waals surface area (Å²) in [5, 5.41) is 21.3. The van der Waals surface area contributed by atoms with Gasteiger partial charge in [0.15, 0.2) is 0 Å². The second-order valence-corrected chi connectivity index (χ2v) is 4.38. The number of phenolic OH excluding ortho intramolecular Hbond substituents is 1. The number of carbonyl (C=O) groups excluding carboxylic acids is 1. The molecule has 0 aromatic heterocycles. The fourth-order valence-corrected chi connectivity index (χ4v) is 1.85. The van der Waals surface area contributed by atoms with Crippen molar-refractivity contribution in [3.63, 3.8) is 0 Å². The molecular weight excluding hydrogens is 252 g/mol. The van der Waals surface area contributed by atoms with Crippen molar-refractivity contribution in [1.82, 2.24) is 0 Å². The Hall–Kier alpha value is -2.80. The van der Waals surface area contributed by atoms with E-state index < -0.39 is 11.8 Å². The monoisotopic (exact) mass is 266 g/mol. The van der Waals surface area contributed by atoms with Crippen LogP contribution >= 0.6 is 0 Å². The number of hydrogen-bond acceptors (Lipinski definition) is 3. The third kappa shape index (κ3) is 3.36. The average molecular weight is 266 g/mol. The van der Waals surface area contributed by atoms with Crippen molar-refractivity contribution in [2.45, 2.75) is 6.42 Å². The Bertz CT molecular complexity index is 632. The second kappa shape index (κ2) is 6.39. The van der Waals surface area contributed by atoms with Gasteiger partial charge in [0.1, 0.15) is 11.7 Å². The predicted octanol–water partition coefficient (Wildman–Crippen LogP) is 2.71. The first-order valence-electron chi connectivity index (χ1n) is 6.23. The van der Waals surface area contributed by atoms with Gasteiger partial charge in [-0.15, -0.1) is 0 Å². The zero-order chi connectivity index (χ0) is 14.4. The first-order valence-corrected chi connectivity index (χ1v) is 6.23. The van der Waals surface area contributed by atoms with Gasteiger partial charge in [-0.3, -0.25) is 4.79 Å². The van der Waals surface area contributed by atoms with Crippen LogP contribution in [0.5, 0.6) is 5.75 Å². The lowest BCUT2D eigenvalue weighted by molar-refractivity contribution is -0.118. The Morgan fingerprint density at radius 2 is 1.80 bits per heavy atom. The molecule has 20 heavy (non-hydrogen) atoms. The molecule has 2 N–H and O–H groups in total. The highest BCUT2D eigenvalue weighted by atomic mass is 16.3. The highest BCUT2D eigenvalue weighted by Gasteiger charge is 2.19. The van der Waals surface area contributed by atoms with Crippen LogP contribution in [0.2, 0.25) is 0 Å². The molecular formula is C16H14N2O2. The van der Waals surface area contributed by atoms with Gasteiger partial charge in [0.2, 0.25) is 5.91 Å². The molecule has 1 unspecified atom stereocenters. The van der Waals surface area contributed by atoms with Gasteiger partial charge in [-0.2, -0.15) is 5.26 Å². The number of aromatic hydroxyl groups is 1. The first-order chi connectivity index (χ1) is 9.70. The molecule has 0 aliphatic carbocycles. The summed E-state index contributed by atoms with van der Waals surface area (Å²) < 4.78 is 0. The van der Waals surface area contributed by atoms with Gasteiger partial charge >= 0.3 is 0 Å². The molecule has 0 spiro atoms. The largest absolute Gasteiger partial charge is 0.506 e. The Labute approximate surface area is 117 Å². The molecule has 0 aliphatic rings. The van der Waals surface area contributed by atoms with Gasteiger partial charge in [-0.05, 0) is 24.1 Å². The van der Waals surface area contributed by atoms with E-state index in [9.17, 15) is 9.90 Å². The fourth-order valence-electron chi connectivity index (χ4n) is 1.85. The van der Waals surface area contributed by atoms with Gasteiger partial charge in [0, 0.05) is 0 Å². The first kappa shape index (κ1) is 13.6. The smallest absolute Gasteiger partial charge is 0.242 e. The quantitative estimate of drug-likeness (QED) is 0.836. The summed E-state index contributed by atoms with van der Waals surface area (Å²) in [6.45, 7) is 0. The van der Waals surface area contributed by atoms with E-state index in [1.807, 2.05) is 36.4 Å². The van der Waals surface area contributed by atoms with Gasteiger partial charge < -0.3 is 10.4 Å². The summed E-state index contributed by atoms with van der Waals surface area (Å²) in [7, 11) is 0. The summed E-state index contributed by atoms with van der Waals surface area (Å²) in [5.74, 6) is -1.23. The lowest BCUT2D eigenvalue weighted by Gasteiger charge is -2.11. The standard InChI is InChI=1S/C16H14N2O2/c17-11-13(10-12-6-2-1-3-7-12)16(20)18-14-8-4-5-9-15(14)19/h1-9,13,19H,10H2,(H,18,20). The van der Waals surface area contributed by atoms with Crippen LogP contribution in [0.25, 0.3) is 0 Å². The Morgan fingerprint density at radius 1 is 1.15 bits per heavy atom. The summed E-state index contributed by atoms with van der Waals surface area (Å²) in [5.41, 5.74) is 1.23. The number of benzene rings is 2. The summed E-state index contributed by atoms with van der Waals surface area (Å²) in [4.78, 5) is 12.1. The molecule has 0 fully saturated rings. The number of para-hydroxylation sites is 2. The van der Waals surface area contributed by atoms with Crippen LogP contribution in [0.3, 0.4) is 0 Å². The minimum Gasteiger partial charge on any atom is -0.506 e. The zero-order valence-electron chi connectivity index (χ0n) is 10.8. The van der Waals surface area contributed by atoms with E-state index in [1.165, 1.54) is 6.07 Å². The topological polar surface area (TPSA) is 73.1 Å². The van der Waals surface area contributed by atoms with E-state index in [4.69, 9.17) is 5.26 Å². The number of hydrogen-bond donors (Lipinski definition) is 2. The van der Waals surface area contributed by atoms with Crippen LogP contribution in [-0.4, -0.2) is 11.0 Å². The normalized spacial score (nSPS) is 11.3. The van der Waals surface area contributed by atoms with Crippen molar-refractivity contribution in [3.8, 4) is 11.8 Å². The number of phenols is 1. The number of anilines is 1. The van der Waals surface area contributed by atoms with E-state index in [0.717, 1.165) is 5.56 Å². The summed E-state index contributed by atoms with van der Waals surface area (Å²) in [6.07, 6.45) is 0.344. The van der Waals surface area contributed by atoms with Crippen LogP contribution in [0.1, 0.15) is 5.56 Å². The molecule has 2 rings (SSSR count). The molecule has 0 aliphatic heterocycles. The fraction of sp³-hybridized carbons (Fsp3) is 0.125. The van der Waals surface area contributed by atoms with Gasteiger partial charge in [0.25, 0.3) is 0 Å². The minimum atomic E-state index is -0.794. The van der Waals surface area contributed by atoms with Gasteiger partial charge in [0.05, 0.1) is 11.8 Å². The molecule has 4 nitrogen and oxygen atoms in total. The minimum absolute atomic E-state index is 0.0164. The van der Waals surface area contributed by atoms with Crippen molar-refractivity contribution >= 4 is 11.6 Å². The number of nitrogens with one attached hydrogen (secondary N) is 1. The maximum Gasteiger partial charge on any atom is 0.242 e. The Kier molecular flexibility index (Phi) is 4.35. The number of rotatable bonds is 4. The maximum atomic E-state index is 12.1. The van der Waals surface area contributed by atoms with Crippen molar-refractivity contribution in [1.29, 1.82) is 5.26 Å². The SMILES string of the molecule is N#CC(Cc1ccccc1)C(=O)Nc1ccccc1O. The Morgan fingerprint density at radius 3 is 2.45 bits per heavy atom. The number of nitriles is 1. The molecule has 2 aromatic carbocycles. The molecule has 100 valence electrons. The van der Waals surface area contributed by atoms with E-state index >= 15 is 0 Å². The van der Waals surface area contributed by atoms with Crippen LogP contribution in [0, 0.1) is 17.2 Å². The van der Waals surface area contributed by atoms with Crippen LogP contribution in [0.4, 0.5) is 5.69 Å². The number of nitrogens with zero attached hydrogens (tertiary/aromatic N) is 1. The van der Waals surface area contributed by atoms with E-state index in [-0.39, 0.29) is 5.75 Å². The van der Waals surface area contributed by atoms with Gasteiger partial charge in [-0.25, -0.2) is 0 Å². The lowest BCUT2D eigenvalue weighted by atomic mass is 10.00. The highest BCUT2D eigenvalue weighted by Crippen LogP contribution is 2.22. The van der Waals surface area contributed by atoms with Crippen LogP contribution in [0.15, 0.2) is 54.6 Å². The molecule has 0 saturated carbocycles. The summed E-state index contributed by atoms with van der Waals surface area (Å²) in [6, 6.07) is 17.8. The number of carbonyl (C=O) groups is 1. The Balaban J connectivity index is 2.07. The van der Waals surface area contributed by atoms with Crippen molar-refractivity contribution < 1.29 is 9.90 Å². The van der Waals surface area contributed by atoms with Crippen molar-refractivity contribution in [3.05, 3.63) is 60.2 Å². The number of amides is 1. The van der Waals surface area contributed by atoms with E-state index in [0.29, 0.717) is 12.1 Å². The zero-order valence-corrected chi connectivity index (χ0v) is 10.8. The maximum absolute atomic E-state index is 12.1. The predicted molar refractivity (Wildman–Crippen MR) is 76.0 cm³/mol. The molecule has 0 radical (unpaired) electrons. The molecule has 1 atom stereocenters. The van der Waals surface area contributed by atoms with Crippen molar-refractivity contribution in [2.75, 3.05) is 5.32 Å². The van der Waals surface area contributed by atoms with Crippen LogP contribution in [-0.2, 0) is 11.2 Å². The van der Waals surface area contributed by atoms with E-state index in [2.05, 4.69) is 5.32 Å². The summed E-state index contributed by atoms with van der Waals surface area (Å²) >= 11 is 0. The van der Waals surface area contributed by atoms with E-state index in [1.54, 1.807) is 18.2 Å².